The lowest BCUT2D eigenvalue weighted by Gasteiger charge is -2.33. The minimum atomic E-state index is -0.354. The summed E-state index contributed by atoms with van der Waals surface area (Å²) in [5.74, 6) is -0.965. The van der Waals surface area contributed by atoms with Crippen molar-refractivity contribution in [3.8, 4) is 5.75 Å². The van der Waals surface area contributed by atoms with Gasteiger partial charge in [-0.25, -0.2) is 0 Å². The number of rotatable bonds is 6. The molecule has 162 valence electrons. The van der Waals surface area contributed by atoms with E-state index in [0.717, 1.165) is 0 Å². The second kappa shape index (κ2) is 9.60. The number of benzene rings is 1. The maximum Gasteiger partial charge on any atom is 0.310 e. The van der Waals surface area contributed by atoms with Gasteiger partial charge in [-0.2, -0.15) is 0 Å². The second-order valence-corrected chi connectivity index (χ2v) is 7.42. The first kappa shape index (κ1) is 21.6. The lowest BCUT2D eigenvalue weighted by atomic mass is 9.98. The van der Waals surface area contributed by atoms with E-state index < -0.39 is 0 Å². The highest BCUT2D eigenvalue weighted by Gasteiger charge is 2.31. The summed E-state index contributed by atoms with van der Waals surface area (Å²) in [7, 11) is 1.53. The van der Waals surface area contributed by atoms with Gasteiger partial charge in [0.15, 0.2) is 6.61 Å². The van der Waals surface area contributed by atoms with Gasteiger partial charge in [0.25, 0.3) is 5.91 Å². The highest BCUT2D eigenvalue weighted by Crippen LogP contribution is 2.31. The normalized spacial score (nSPS) is 18.3. The Morgan fingerprint density at radius 3 is 2.80 bits per heavy atom. The van der Waals surface area contributed by atoms with E-state index in [-0.39, 0.29) is 49.3 Å². The zero-order chi connectivity index (χ0) is 21.7. The molecule has 1 atom stereocenters. The van der Waals surface area contributed by atoms with Crippen molar-refractivity contribution in [3.63, 3.8) is 0 Å². The van der Waals surface area contributed by atoms with Crippen LogP contribution in [0.2, 0.25) is 0 Å². The molecule has 0 aromatic heterocycles. The van der Waals surface area contributed by atoms with E-state index in [9.17, 15) is 19.2 Å². The van der Waals surface area contributed by atoms with Gasteiger partial charge < -0.3 is 19.3 Å². The molecule has 9 nitrogen and oxygen atoms in total. The number of carbonyl (C=O) groups excluding carboxylic acids is 4. The van der Waals surface area contributed by atoms with Crippen molar-refractivity contribution in [3.05, 3.63) is 24.3 Å². The zero-order valence-electron chi connectivity index (χ0n) is 17.3. The average Bonchev–Trinajstić information content (AvgIpc) is 2.75. The first-order valence-corrected chi connectivity index (χ1v) is 10.1. The Balaban J connectivity index is 1.57. The SMILES string of the molecule is CCOC(=O)C1CCCN(C(=O)CN(C)C(=O)CN2C(=O)COc3ccccc32)C1. The van der Waals surface area contributed by atoms with Gasteiger partial charge in [0.2, 0.25) is 11.8 Å². The monoisotopic (exact) mass is 417 g/mol. The molecule has 1 fully saturated rings. The number of likely N-dealkylation sites (N-methyl/N-ethyl adjacent to an activating group) is 1. The molecule has 0 bridgehead atoms. The number of amides is 3. The predicted octanol–water partition coefficient (Wildman–Crippen LogP) is 0.672. The van der Waals surface area contributed by atoms with Crippen molar-refractivity contribution in [2.45, 2.75) is 19.8 Å². The molecule has 1 saturated heterocycles. The van der Waals surface area contributed by atoms with Crippen LogP contribution in [-0.4, -0.2) is 79.9 Å². The third-order valence-electron chi connectivity index (χ3n) is 5.29. The van der Waals surface area contributed by atoms with E-state index in [0.29, 0.717) is 44.0 Å². The van der Waals surface area contributed by atoms with Gasteiger partial charge in [0, 0.05) is 20.1 Å². The Bertz CT molecular complexity index is 827. The number of ether oxygens (including phenoxy) is 2. The van der Waals surface area contributed by atoms with Crippen LogP contribution in [0.3, 0.4) is 0 Å². The van der Waals surface area contributed by atoms with Crippen molar-refractivity contribution in [1.82, 2.24) is 9.80 Å². The molecule has 1 aromatic carbocycles. The molecule has 30 heavy (non-hydrogen) atoms. The predicted molar refractivity (Wildman–Crippen MR) is 108 cm³/mol. The summed E-state index contributed by atoms with van der Waals surface area (Å²) >= 11 is 0. The Kier molecular flexibility index (Phi) is 6.91. The molecule has 0 saturated carbocycles. The highest BCUT2D eigenvalue weighted by molar-refractivity contribution is 6.02. The van der Waals surface area contributed by atoms with E-state index in [4.69, 9.17) is 9.47 Å². The van der Waals surface area contributed by atoms with Crippen LogP contribution < -0.4 is 9.64 Å². The molecule has 3 rings (SSSR count). The number of esters is 1. The van der Waals surface area contributed by atoms with Crippen LogP contribution in [0.15, 0.2) is 24.3 Å². The standard InChI is InChI=1S/C21H27N3O6/c1-3-29-21(28)15-7-6-10-23(11-15)19(26)12-22(2)18(25)13-24-16-8-4-5-9-17(16)30-14-20(24)27/h4-5,8-9,15H,3,6-7,10-14H2,1-2H3. The minimum Gasteiger partial charge on any atom is -0.482 e. The number of carbonyl (C=O) groups is 4. The number of fused-ring (bicyclic) bond motifs is 1. The first-order valence-electron chi connectivity index (χ1n) is 10.1. The van der Waals surface area contributed by atoms with Crippen molar-refractivity contribution in [2.24, 2.45) is 5.92 Å². The van der Waals surface area contributed by atoms with Gasteiger partial charge in [0.05, 0.1) is 24.8 Å². The van der Waals surface area contributed by atoms with Crippen LogP contribution in [0.4, 0.5) is 5.69 Å². The third-order valence-corrected chi connectivity index (χ3v) is 5.29. The Morgan fingerprint density at radius 1 is 1.27 bits per heavy atom. The van der Waals surface area contributed by atoms with Gasteiger partial charge in [0.1, 0.15) is 12.3 Å². The van der Waals surface area contributed by atoms with Crippen LogP contribution in [-0.2, 0) is 23.9 Å². The van der Waals surface area contributed by atoms with Crippen LogP contribution >= 0.6 is 0 Å². The van der Waals surface area contributed by atoms with Crippen molar-refractivity contribution >= 4 is 29.4 Å². The Hall–Kier alpha value is -3.10. The Morgan fingerprint density at radius 2 is 2.03 bits per heavy atom. The molecule has 0 aliphatic carbocycles. The van der Waals surface area contributed by atoms with E-state index >= 15 is 0 Å². The van der Waals surface area contributed by atoms with Gasteiger partial charge >= 0.3 is 5.97 Å². The number of nitrogens with zero attached hydrogens (tertiary/aromatic N) is 3. The Labute approximate surface area is 175 Å². The summed E-state index contributed by atoms with van der Waals surface area (Å²) < 4.78 is 10.4. The molecule has 1 unspecified atom stereocenters. The molecule has 2 aliphatic rings. The maximum atomic E-state index is 12.7. The van der Waals surface area contributed by atoms with Crippen molar-refractivity contribution in [2.75, 3.05) is 51.3 Å². The van der Waals surface area contributed by atoms with Crippen molar-refractivity contribution < 1.29 is 28.7 Å². The molecule has 0 radical (unpaired) electrons. The average molecular weight is 417 g/mol. The number of hydrogen-bond donors (Lipinski definition) is 0. The summed E-state index contributed by atoms with van der Waals surface area (Å²) in [6, 6.07) is 7.01. The first-order chi connectivity index (χ1) is 14.4. The fourth-order valence-electron chi connectivity index (χ4n) is 3.63. The van der Waals surface area contributed by atoms with Crippen LogP contribution in [0.5, 0.6) is 5.75 Å². The molecule has 1 aromatic rings. The smallest absolute Gasteiger partial charge is 0.310 e. The topological polar surface area (TPSA) is 96.5 Å². The van der Waals surface area contributed by atoms with Crippen LogP contribution in [0.25, 0.3) is 0 Å². The fraction of sp³-hybridized carbons (Fsp3) is 0.524. The quantitative estimate of drug-likeness (QED) is 0.632. The minimum absolute atomic E-state index is 0.117. The highest BCUT2D eigenvalue weighted by atomic mass is 16.5. The molecule has 3 amide bonds. The number of likely N-dealkylation sites (tertiary alicyclic amines) is 1. The van der Waals surface area contributed by atoms with E-state index in [1.54, 1.807) is 36.1 Å². The summed E-state index contributed by atoms with van der Waals surface area (Å²) in [5.41, 5.74) is 0.537. The molecule has 0 N–H and O–H groups in total. The summed E-state index contributed by atoms with van der Waals surface area (Å²) in [6.07, 6.45) is 1.40. The number of hydrogen-bond acceptors (Lipinski definition) is 6. The molecular weight excluding hydrogens is 390 g/mol. The molecule has 0 spiro atoms. The molecular formula is C21H27N3O6. The number of piperidine rings is 1. The lowest BCUT2D eigenvalue weighted by molar-refractivity contribution is -0.152. The number of para-hydroxylation sites is 2. The third kappa shape index (κ3) is 4.90. The molecule has 2 aliphatic heterocycles. The van der Waals surface area contributed by atoms with E-state index in [1.165, 1.54) is 16.8 Å². The largest absolute Gasteiger partial charge is 0.482 e. The van der Waals surface area contributed by atoms with Crippen LogP contribution in [0, 0.1) is 5.92 Å². The summed E-state index contributed by atoms with van der Waals surface area (Å²) in [4.78, 5) is 53.9. The zero-order valence-corrected chi connectivity index (χ0v) is 17.3. The van der Waals surface area contributed by atoms with E-state index in [1.807, 2.05) is 0 Å². The number of anilines is 1. The van der Waals surface area contributed by atoms with Gasteiger partial charge in [-0.1, -0.05) is 12.1 Å². The lowest BCUT2D eigenvalue weighted by Crippen LogP contribution is -2.50. The molecule has 9 heteroatoms. The van der Waals surface area contributed by atoms with Gasteiger partial charge in [-0.15, -0.1) is 0 Å². The summed E-state index contributed by atoms with van der Waals surface area (Å²) in [6.45, 7) is 2.49. The van der Waals surface area contributed by atoms with Crippen LogP contribution in [0.1, 0.15) is 19.8 Å². The van der Waals surface area contributed by atoms with Crippen molar-refractivity contribution in [1.29, 1.82) is 0 Å². The summed E-state index contributed by atoms with van der Waals surface area (Å²) in [5, 5.41) is 0. The van der Waals surface area contributed by atoms with E-state index in [2.05, 4.69) is 0 Å². The molecule has 2 heterocycles. The fourth-order valence-corrected chi connectivity index (χ4v) is 3.63. The van der Waals surface area contributed by atoms with Gasteiger partial charge in [-0.05, 0) is 31.9 Å². The second-order valence-electron chi connectivity index (χ2n) is 7.42. The van der Waals surface area contributed by atoms with Gasteiger partial charge in [-0.3, -0.25) is 24.1 Å². The maximum absolute atomic E-state index is 12.7.